The van der Waals surface area contributed by atoms with E-state index in [1.165, 1.54) is 30.5 Å². The lowest BCUT2D eigenvalue weighted by Gasteiger charge is -2.07. The molecule has 1 rings (SSSR count). The summed E-state index contributed by atoms with van der Waals surface area (Å²) in [6.07, 6.45) is 5.50. The fourth-order valence-electron chi connectivity index (χ4n) is 1.83. The molecule has 0 bridgehead atoms. The molecule has 2 N–H and O–H groups in total. The first-order chi connectivity index (χ1) is 9.36. The summed E-state index contributed by atoms with van der Waals surface area (Å²) >= 11 is 0. The summed E-state index contributed by atoms with van der Waals surface area (Å²) in [6, 6.07) is 8.54. The highest BCUT2D eigenvalue weighted by Crippen LogP contribution is 2.10. The Morgan fingerprint density at radius 3 is 2.47 bits per heavy atom. The zero-order valence-electron chi connectivity index (χ0n) is 12.3. The van der Waals surface area contributed by atoms with Gasteiger partial charge in [0.1, 0.15) is 0 Å². The van der Waals surface area contributed by atoms with E-state index in [-0.39, 0.29) is 0 Å². The lowest BCUT2D eigenvalue weighted by atomic mass is 10.2. The maximum absolute atomic E-state index is 4.23. The molecule has 0 aliphatic rings. The highest BCUT2D eigenvalue weighted by Gasteiger charge is 1.94. The summed E-state index contributed by atoms with van der Waals surface area (Å²) < 4.78 is 0. The zero-order chi connectivity index (χ0) is 13.8. The van der Waals surface area contributed by atoms with E-state index in [1.54, 1.807) is 0 Å². The number of hydrogen-bond donors (Lipinski definition) is 2. The summed E-state index contributed by atoms with van der Waals surface area (Å²) in [7, 11) is 0. The van der Waals surface area contributed by atoms with Crippen molar-refractivity contribution in [1.82, 2.24) is 5.32 Å². The van der Waals surface area contributed by atoms with Gasteiger partial charge in [-0.1, -0.05) is 19.1 Å². The first-order valence-electron chi connectivity index (χ1n) is 7.34. The molecule has 0 heterocycles. The van der Waals surface area contributed by atoms with Gasteiger partial charge in [-0.25, -0.2) is 0 Å². The Morgan fingerprint density at radius 2 is 1.79 bits per heavy atom. The molecule has 0 atom stereocenters. The number of nitrogens with zero attached hydrogens (tertiary/aromatic N) is 1. The van der Waals surface area contributed by atoms with Crippen LogP contribution in [-0.2, 0) is 6.54 Å². The maximum Gasteiger partial charge on any atom is 0.0635 e. The van der Waals surface area contributed by atoms with E-state index in [0.717, 1.165) is 26.2 Å². The van der Waals surface area contributed by atoms with E-state index >= 15 is 0 Å². The van der Waals surface area contributed by atoms with Crippen molar-refractivity contribution in [1.29, 1.82) is 0 Å². The molecular formula is C16H27N3. The molecule has 106 valence electrons. The van der Waals surface area contributed by atoms with Crippen LogP contribution in [0.4, 0.5) is 5.69 Å². The van der Waals surface area contributed by atoms with Crippen LogP contribution >= 0.6 is 0 Å². The summed E-state index contributed by atoms with van der Waals surface area (Å²) in [4.78, 5) is 4.23. The van der Waals surface area contributed by atoms with Gasteiger partial charge in [0, 0.05) is 12.2 Å². The second-order valence-corrected chi connectivity index (χ2v) is 4.68. The highest BCUT2D eigenvalue weighted by molar-refractivity contribution is 5.53. The van der Waals surface area contributed by atoms with Crippen LogP contribution in [0, 0.1) is 0 Å². The molecule has 3 nitrogen and oxygen atoms in total. The van der Waals surface area contributed by atoms with E-state index in [4.69, 9.17) is 0 Å². The Bertz CT molecular complexity index is 344. The average molecular weight is 261 g/mol. The fraction of sp³-hybridized carbons (Fsp3) is 0.562. The number of aliphatic imine (C=N–C) groups is 1. The van der Waals surface area contributed by atoms with Crippen molar-refractivity contribution in [3.63, 3.8) is 0 Å². The van der Waals surface area contributed by atoms with Crippen molar-refractivity contribution in [2.45, 2.75) is 39.7 Å². The quantitative estimate of drug-likeness (QED) is 0.500. The van der Waals surface area contributed by atoms with Gasteiger partial charge in [-0.15, -0.1) is 0 Å². The topological polar surface area (TPSA) is 36.4 Å². The van der Waals surface area contributed by atoms with Crippen LogP contribution in [0.5, 0.6) is 0 Å². The van der Waals surface area contributed by atoms with Crippen molar-refractivity contribution in [2.24, 2.45) is 4.99 Å². The van der Waals surface area contributed by atoms with Crippen molar-refractivity contribution in [2.75, 3.05) is 25.0 Å². The monoisotopic (exact) mass is 261 g/mol. The molecule has 0 fully saturated rings. The smallest absolute Gasteiger partial charge is 0.0635 e. The molecular weight excluding hydrogens is 234 g/mol. The van der Waals surface area contributed by atoms with Gasteiger partial charge in [-0.2, -0.15) is 0 Å². The molecule has 1 aromatic carbocycles. The van der Waals surface area contributed by atoms with Gasteiger partial charge in [-0.3, -0.25) is 4.99 Å². The molecule has 0 aliphatic heterocycles. The third-order valence-electron chi connectivity index (χ3n) is 2.95. The second kappa shape index (κ2) is 10.6. The van der Waals surface area contributed by atoms with Crippen LogP contribution in [-0.4, -0.2) is 25.8 Å². The van der Waals surface area contributed by atoms with Gasteiger partial charge in [0.05, 0.1) is 6.54 Å². The van der Waals surface area contributed by atoms with Crippen LogP contribution in [0.25, 0.3) is 0 Å². The predicted octanol–water partition coefficient (Wildman–Crippen LogP) is 3.47. The van der Waals surface area contributed by atoms with Gasteiger partial charge in [-0.05, 0) is 63.2 Å². The molecule has 19 heavy (non-hydrogen) atoms. The number of nitrogens with one attached hydrogen (secondary N) is 2. The van der Waals surface area contributed by atoms with Gasteiger partial charge >= 0.3 is 0 Å². The Kier molecular flexibility index (Phi) is 8.73. The van der Waals surface area contributed by atoms with Crippen molar-refractivity contribution < 1.29 is 0 Å². The van der Waals surface area contributed by atoms with Gasteiger partial charge in [0.2, 0.25) is 0 Å². The van der Waals surface area contributed by atoms with E-state index in [0.29, 0.717) is 0 Å². The standard InChI is InChI=1S/C16H27N3/c1-3-11-18-12-5-6-13-19-16-9-7-15(8-10-16)14-17-4-2/h4,7-10,18-19H,3,5-6,11-14H2,1-2H3. The molecule has 1 aromatic rings. The molecule has 3 heteroatoms. The maximum atomic E-state index is 4.23. The number of benzene rings is 1. The molecule has 0 saturated heterocycles. The van der Waals surface area contributed by atoms with Gasteiger partial charge in [0.15, 0.2) is 0 Å². The minimum atomic E-state index is 0.778. The molecule has 0 aromatic heterocycles. The summed E-state index contributed by atoms with van der Waals surface area (Å²) in [5.74, 6) is 0. The van der Waals surface area contributed by atoms with E-state index in [9.17, 15) is 0 Å². The van der Waals surface area contributed by atoms with Gasteiger partial charge in [0.25, 0.3) is 0 Å². The summed E-state index contributed by atoms with van der Waals surface area (Å²) in [5, 5.41) is 6.87. The van der Waals surface area contributed by atoms with Crippen molar-refractivity contribution >= 4 is 11.9 Å². The lowest BCUT2D eigenvalue weighted by Crippen LogP contribution is -2.16. The normalized spacial score (nSPS) is 11.1. The van der Waals surface area contributed by atoms with Crippen molar-refractivity contribution in [3.8, 4) is 0 Å². The Balaban J connectivity index is 2.12. The third-order valence-corrected chi connectivity index (χ3v) is 2.95. The molecule has 0 unspecified atom stereocenters. The molecule has 0 aliphatic carbocycles. The average Bonchev–Trinajstić information content (AvgIpc) is 2.45. The van der Waals surface area contributed by atoms with E-state index in [2.05, 4.69) is 46.8 Å². The predicted molar refractivity (Wildman–Crippen MR) is 85.2 cm³/mol. The molecule has 0 radical (unpaired) electrons. The van der Waals surface area contributed by atoms with Gasteiger partial charge < -0.3 is 10.6 Å². The number of unbranched alkanes of at least 4 members (excludes halogenated alkanes) is 1. The van der Waals surface area contributed by atoms with Crippen LogP contribution in [0.3, 0.4) is 0 Å². The SMILES string of the molecule is CC=NCc1ccc(NCCCCNCCC)cc1. The summed E-state index contributed by atoms with van der Waals surface area (Å²) in [5.41, 5.74) is 2.46. The van der Waals surface area contributed by atoms with Crippen LogP contribution < -0.4 is 10.6 Å². The lowest BCUT2D eigenvalue weighted by molar-refractivity contribution is 0.626. The Labute approximate surface area is 117 Å². The number of rotatable bonds is 10. The first-order valence-corrected chi connectivity index (χ1v) is 7.34. The van der Waals surface area contributed by atoms with Crippen LogP contribution in [0.15, 0.2) is 29.3 Å². The number of hydrogen-bond acceptors (Lipinski definition) is 3. The Morgan fingerprint density at radius 1 is 1.05 bits per heavy atom. The second-order valence-electron chi connectivity index (χ2n) is 4.68. The zero-order valence-corrected chi connectivity index (χ0v) is 12.3. The van der Waals surface area contributed by atoms with Crippen LogP contribution in [0.1, 0.15) is 38.7 Å². The highest BCUT2D eigenvalue weighted by atomic mass is 14.9. The fourth-order valence-corrected chi connectivity index (χ4v) is 1.83. The number of anilines is 1. The minimum absolute atomic E-state index is 0.778. The van der Waals surface area contributed by atoms with E-state index in [1.807, 2.05) is 13.1 Å². The van der Waals surface area contributed by atoms with Crippen LogP contribution in [0.2, 0.25) is 0 Å². The minimum Gasteiger partial charge on any atom is -0.385 e. The molecule has 0 spiro atoms. The molecule has 0 amide bonds. The summed E-state index contributed by atoms with van der Waals surface area (Å²) in [6.45, 7) is 8.23. The largest absolute Gasteiger partial charge is 0.385 e. The Hall–Kier alpha value is -1.35. The van der Waals surface area contributed by atoms with Crippen molar-refractivity contribution in [3.05, 3.63) is 29.8 Å². The first kappa shape index (κ1) is 15.7. The molecule has 0 saturated carbocycles. The van der Waals surface area contributed by atoms with E-state index < -0.39 is 0 Å². The third kappa shape index (κ3) is 7.62.